The number of aryl methyl sites for hydroxylation is 1. The molecule has 0 fully saturated rings. The minimum absolute atomic E-state index is 0.505. The Kier molecular flexibility index (Phi) is 3.10. The van der Waals surface area contributed by atoms with Crippen LogP contribution in [-0.2, 0) is 0 Å². The van der Waals surface area contributed by atoms with Crippen molar-refractivity contribution >= 4 is 21.6 Å². The molecule has 3 nitrogen and oxygen atoms in total. The lowest BCUT2D eigenvalue weighted by molar-refractivity contribution is 0.463. The molecule has 1 aromatic carbocycles. The lowest BCUT2D eigenvalue weighted by atomic mass is 10.3. The van der Waals surface area contributed by atoms with Crippen LogP contribution in [0.3, 0.4) is 0 Å². The summed E-state index contributed by atoms with van der Waals surface area (Å²) in [5.74, 6) is 1.24. The molecule has 0 unspecified atom stereocenters. The molecule has 0 radical (unpaired) electrons. The number of rotatable bonds is 2. The van der Waals surface area contributed by atoms with Gasteiger partial charge in [0.1, 0.15) is 5.75 Å². The van der Waals surface area contributed by atoms with E-state index in [-0.39, 0.29) is 0 Å². The lowest BCUT2D eigenvalue weighted by Gasteiger charge is -2.06. The predicted molar refractivity (Wildman–Crippen MR) is 67.6 cm³/mol. The molecule has 1 aromatic heterocycles. The van der Waals surface area contributed by atoms with Crippen LogP contribution < -0.4 is 10.5 Å². The van der Waals surface area contributed by atoms with Gasteiger partial charge >= 0.3 is 0 Å². The smallest absolute Gasteiger partial charge is 0.221 e. The van der Waals surface area contributed by atoms with E-state index in [4.69, 9.17) is 10.5 Å². The Labute approximate surface area is 102 Å². The molecule has 2 aromatic rings. The zero-order valence-corrected chi connectivity index (χ0v) is 10.4. The van der Waals surface area contributed by atoms with Gasteiger partial charge in [0.15, 0.2) is 0 Å². The first-order valence-corrected chi connectivity index (χ1v) is 5.60. The van der Waals surface area contributed by atoms with E-state index >= 15 is 0 Å². The minimum Gasteiger partial charge on any atom is -0.439 e. The van der Waals surface area contributed by atoms with Crippen molar-refractivity contribution in [2.75, 3.05) is 5.73 Å². The highest BCUT2D eigenvalue weighted by molar-refractivity contribution is 9.10. The Morgan fingerprint density at radius 1 is 1.25 bits per heavy atom. The Balaban J connectivity index is 2.20. The number of nitrogens with zero attached hydrogens (tertiary/aromatic N) is 1. The Hall–Kier alpha value is -1.55. The quantitative estimate of drug-likeness (QED) is 0.914. The number of nitrogens with two attached hydrogens (primary N) is 1. The monoisotopic (exact) mass is 278 g/mol. The van der Waals surface area contributed by atoms with Crippen LogP contribution in [0.15, 0.2) is 41.0 Å². The molecule has 2 N–H and O–H groups in total. The van der Waals surface area contributed by atoms with Crippen molar-refractivity contribution in [2.45, 2.75) is 6.92 Å². The van der Waals surface area contributed by atoms with Crippen molar-refractivity contribution in [1.29, 1.82) is 0 Å². The van der Waals surface area contributed by atoms with Gasteiger partial charge in [-0.05, 0) is 36.8 Å². The van der Waals surface area contributed by atoms with Crippen LogP contribution in [0.4, 0.5) is 5.69 Å². The molecule has 82 valence electrons. The maximum Gasteiger partial charge on any atom is 0.221 e. The van der Waals surface area contributed by atoms with Crippen molar-refractivity contribution in [3.8, 4) is 11.6 Å². The Morgan fingerprint density at radius 3 is 2.56 bits per heavy atom. The predicted octanol–water partition coefficient (Wildman–Crippen LogP) is 3.53. The highest BCUT2D eigenvalue weighted by Gasteiger charge is 2.01. The summed E-state index contributed by atoms with van der Waals surface area (Å²) in [7, 11) is 0. The van der Waals surface area contributed by atoms with Crippen LogP contribution in [0.5, 0.6) is 11.6 Å². The number of pyridine rings is 1. The second kappa shape index (κ2) is 4.53. The maximum atomic E-state index is 5.77. The summed E-state index contributed by atoms with van der Waals surface area (Å²) in [5, 5.41) is 0. The second-order valence-corrected chi connectivity index (χ2v) is 4.35. The van der Waals surface area contributed by atoms with Gasteiger partial charge in [0.2, 0.25) is 5.88 Å². The van der Waals surface area contributed by atoms with Crippen LogP contribution in [0.2, 0.25) is 0 Å². The first-order valence-electron chi connectivity index (χ1n) is 4.81. The van der Waals surface area contributed by atoms with Gasteiger partial charge < -0.3 is 10.5 Å². The zero-order chi connectivity index (χ0) is 11.5. The molecule has 0 spiro atoms. The van der Waals surface area contributed by atoms with Crippen molar-refractivity contribution in [3.63, 3.8) is 0 Å². The van der Waals surface area contributed by atoms with Gasteiger partial charge in [-0.3, -0.25) is 0 Å². The van der Waals surface area contributed by atoms with Gasteiger partial charge in [0, 0.05) is 22.4 Å². The number of halogens is 1. The van der Waals surface area contributed by atoms with Crippen LogP contribution >= 0.6 is 15.9 Å². The first-order chi connectivity index (χ1) is 7.65. The van der Waals surface area contributed by atoms with Crippen LogP contribution in [0.25, 0.3) is 0 Å². The van der Waals surface area contributed by atoms with Gasteiger partial charge in [0.05, 0.1) is 0 Å². The zero-order valence-electron chi connectivity index (χ0n) is 8.77. The molecule has 2 rings (SSSR count). The molecule has 0 amide bonds. The van der Waals surface area contributed by atoms with E-state index in [1.54, 1.807) is 12.3 Å². The fourth-order valence-corrected chi connectivity index (χ4v) is 1.46. The molecule has 4 heteroatoms. The van der Waals surface area contributed by atoms with E-state index in [2.05, 4.69) is 20.9 Å². The summed E-state index contributed by atoms with van der Waals surface area (Å²) in [6.45, 7) is 1.91. The highest BCUT2D eigenvalue weighted by atomic mass is 79.9. The summed E-state index contributed by atoms with van der Waals surface area (Å²) in [4.78, 5) is 4.14. The SMILES string of the molecule is Cc1cnc(Oc2ccc(Br)cc2)cc1N. The molecular formula is C12H11BrN2O. The van der Waals surface area contributed by atoms with E-state index in [1.807, 2.05) is 31.2 Å². The van der Waals surface area contributed by atoms with Crippen LogP contribution in [-0.4, -0.2) is 4.98 Å². The molecule has 16 heavy (non-hydrogen) atoms. The third-order valence-electron chi connectivity index (χ3n) is 2.16. The molecule has 0 bridgehead atoms. The number of hydrogen-bond acceptors (Lipinski definition) is 3. The van der Waals surface area contributed by atoms with Crippen molar-refractivity contribution in [2.24, 2.45) is 0 Å². The molecule has 0 saturated heterocycles. The topological polar surface area (TPSA) is 48.1 Å². The number of nitrogen functional groups attached to an aromatic ring is 1. The van der Waals surface area contributed by atoms with E-state index in [0.717, 1.165) is 15.8 Å². The minimum atomic E-state index is 0.505. The standard InChI is InChI=1S/C12H11BrN2O/c1-8-7-15-12(6-11(8)14)16-10-4-2-9(13)3-5-10/h2-7H,1H3,(H2,14,15). The summed E-state index contributed by atoms with van der Waals surface area (Å²) in [6, 6.07) is 9.26. The van der Waals surface area contributed by atoms with Gasteiger partial charge in [0.25, 0.3) is 0 Å². The van der Waals surface area contributed by atoms with Crippen molar-refractivity contribution < 1.29 is 4.74 Å². The van der Waals surface area contributed by atoms with E-state index in [1.165, 1.54) is 0 Å². The number of benzene rings is 1. The fourth-order valence-electron chi connectivity index (χ4n) is 1.20. The number of aromatic nitrogens is 1. The highest BCUT2D eigenvalue weighted by Crippen LogP contribution is 2.23. The average Bonchev–Trinajstić information content (AvgIpc) is 2.27. The van der Waals surface area contributed by atoms with Gasteiger partial charge in [-0.15, -0.1) is 0 Å². The van der Waals surface area contributed by atoms with Crippen LogP contribution in [0.1, 0.15) is 5.56 Å². The molecule has 0 atom stereocenters. The van der Waals surface area contributed by atoms with Gasteiger partial charge in [-0.2, -0.15) is 0 Å². The van der Waals surface area contributed by atoms with Crippen molar-refractivity contribution in [3.05, 3.63) is 46.6 Å². The number of hydrogen-bond donors (Lipinski definition) is 1. The van der Waals surface area contributed by atoms with Gasteiger partial charge in [-0.1, -0.05) is 15.9 Å². The average molecular weight is 279 g/mol. The van der Waals surface area contributed by atoms with Crippen molar-refractivity contribution in [1.82, 2.24) is 4.98 Å². The lowest BCUT2D eigenvalue weighted by Crippen LogP contribution is -1.93. The normalized spacial score (nSPS) is 10.1. The second-order valence-electron chi connectivity index (χ2n) is 3.44. The van der Waals surface area contributed by atoms with Crippen LogP contribution in [0, 0.1) is 6.92 Å². The molecule has 0 aliphatic rings. The first kappa shape index (κ1) is 11.0. The molecule has 0 aliphatic carbocycles. The van der Waals surface area contributed by atoms with Gasteiger partial charge in [-0.25, -0.2) is 4.98 Å². The summed E-state index contributed by atoms with van der Waals surface area (Å²) in [5.41, 5.74) is 7.40. The van der Waals surface area contributed by atoms with E-state index < -0.39 is 0 Å². The third-order valence-corrected chi connectivity index (χ3v) is 2.68. The third kappa shape index (κ3) is 2.52. The number of anilines is 1. The largest absolute Gasteiger partial charge is 0.439 e. The summed E-state index contributed by atoms with van der Waals surface area (Å²) >= 11 is 3.36. The Morgan fingerprint density at radius 2 is 1.94 bits per heavy atom. The summed E-state index contributed by atoms with van der Waals surface area (Å²) in [6.07, 6.45) is 1.70. The fraction of sp³-hybridized carbons (Fsp3) is 0.0833. The molecule has 1 heterocycles. The molecule has 0 aliphatic heterocycles. The Bertz CT molecular complexity index is 497. The van der Waals surface area contributed by atoms with E-state index in [9.17, 15) is 0 Å². The molecule has 0 saturated carbocycles. The van der Waals surface area contributed by atoms with E-state index in [0.29, 0.717) is 11.6 Å². The maximum absolute atomic E-state index is 5.77. The summed E-state index contributed by atoms with van der Waals surface area (Å²) < 4.78 is 6.57. The number of ether oxygens (including phenoxy) is 1. The molecular weight excluding hydrogens is 268 g/mol.